The second-order valence-corrected chi connectivity index (χ2v) is 19.9. The van der Waals surface area contributed by atoms with Crippen molar-refractivity contribution in [2.75, 3.05) is 13.2 Å². The predicted octanol–water partition coefficient (Wildman–Crippen LogP) is 19.7. The molecule has 0 aliphatic rings. The lowest BCUT2D eigenvalue weighted by Gasteiger charge is -2.18. The number of esters is 3. The minimum atomic E-state index is -0.777. The fourth-order valence-corrected chi connectivity index (χ4v) is 8.65. The Hall–Kier alpha value is -2.37. The molecule has 0 N–H and O–H groups in total. The van der Waals surface area contributed by atoms with Crippen LogP contribution >= 0.6 is 0 Å². The first kappa shape index (κ1) is 64.6. The summed E-state index contributed by atoms with van der Waals surface area (Å²) in [5.74, 6) is -0.873. The molecule has 67 heavy (non-hydrogen) atoms. The Morgan fingerprint density at radius 3 is 0.866 bits per heavy atom. The van der Waals surface area contributed by atoms with Gasteiger partial charge in [0.2, 0.25) is 0 Å². The molecule has 0 aromatic carbocycles. The summed E-state index contributed by atoms with van der Waals surface area (Å²) in [5, 5.41) is 0. The summed E-state index contributed by atoms with van der Waals surface area (Å²) in [6.07, 6.45) is 67.0. The highest BCUT2D eigenvalue weighted by atomic mass is 16.6. The molecule has 392 valence electrons. The molecular weight excluding hydrogens is 829 g/mol. The van der Waals surface area contributed by atoms with E-state index in [9.17, 15) is 14.4 Å². The Morgan fingerprint density at radius 1 is 0.299 bits per heavy atom. The first-order chi connectivity index (χ1) is 33.0. The van der Waals surface area contributed by atoms with Crippen molar-refractivity contribution < 1.29 is 28.6 Å². The lowest BCUT2D eigenvalue weighted by molar-refractivity contribution is -0.167. The van der Waals surface area contributed by atoms with Crippen molar-refractivity contribution >= 4 is 17.9 Å². The molecule has 1 unspecified atom stereocenters. The third kappa shape index (κ3) is 54.4. The van der Waals surface area contributed by atoms with Gasteiger partial charge in [-0.3, -0.25) is 14.4 Å². The SMILES string of the molecule is CCCCC/C=C\C/C=C\CCCCCCCCCC(=O)OC(COC(=O)CCCCCCC/C=C\CCCCCCCCCCC)COC(=O)CCCCCCCCCCCCCCCC. The van der Waals surface area contributed by atoms with Crippen LogP contribution in [0.4, 0.5) is 0 Å². The van der Waals surface area contributed by atoms with Crippen LogP contribution in [0, 0.1) is 0 Å². The molecule has 0 saturated carbocycles. The average Bonchev–Trinajstić information content (AvgIpc) is 3.33. The number of ether oxygens (including phenoxy) is 3. The standard InChI is InChI=1S/C61H112O6/c1-4-7-10-13-16-19-22-25-28-30-32-33-36-39-42-45-48-51-54-60(63)66-57-58(56-65-59(62)53-50-47-44-41-38-35-27-24-21-18-15-12-9-6-3)67-61(64)55-52-49-46-43-40-37-34-31-29-26-23-20-17-14-11-8-5-2/h17,20,26,29,32-33,58H,4-16,18-19,21-25,27-28,30-31,34-57H2,1-3H3/b20-17-,29-26-,33-32-. The molecule has 6 nitrogen and oxygen atoms in total. The highest BCUT2D eigenvalue weighted by Gasteiger charge is 2.19. The van der Waals surface area contributed by atoms with E-state index in [4.69, 9.17) is 14.2 Å². The largest absolute Gasteiger partial charge is 0.462 e. The van der Waals surface area contributed by atoms with Crippen LogP contribution in [-0.2, 0) is 28.6 Å². The molecule has 0 aliphatic carbocycles. The fraction of sp³-hybridized carbons (Fsp3) is 0.852. The van der Waals surface area contributed by atoms with Gasteiger partial charge in [0.15, 0.2) is 6.10 Å². The van der Waals surface area contributed by atoms with E-state index in [0.717, 1.165) is 77.0 Å². The minimum Gasteiger partial charge on any atom is -0.462 e. The fourth-order valence-electron chi connectivity index (χ4n) is 8.65. The topological polar surface area (TPSA) is 78.9 Å². The van der Waals surface area contributed by atoms with Gasteiger partial charge < -0.3 is 14.2 Å². The van der Waals surface area contributed by atoms with Crippen LogP contribution in [-0.4, -0.2) is 37.2 Å². The zero-order valence-corrected chi connectivity index (χ0v) is 44.9. The summed E-state index contributed by atoms with van der Waals surface area (Å²) in [5.41, 5.74) is 0. The minimum absolute atomic E-state index is 0.0744. The summed E-state index contributed by atoms with van der Waals surface area (Å²) in [6.45, 7) is 6.64. The molecule has 0 heterocycles. The van der Waals surface area contributed by atoms with Crippen molar-refractivity contribution in [2.24, 2.45) is 0 Å². The summed E-state index contributed by atoms with van der Waals surface area (Å²) in [4.78, 5) is 38.2. The van der Waals surface area contributed by atoms with E-state index in [0.29, 0.717) is 19.3 Å². The van der Waals surface area contributed by atoms with Crippen molar-refractivity contribution in [1.29, 1.82) is 0 Å². The predicted molar refractivity (Wildman–Crippen MR) is 289 cm³/mol. The van der Waals surface area contributed by atoms with Crippen LogP contribution in [0.3, 0.4) is 0 Å². The van der Waals surface area contributed by atoms with Crippen LogP contribution < -0.4 is 0 Å². The van der Waals surface area contributed by atoms with Gasteiger partial charge in [-0.25, -0.2) is 0 Å². The van der Waals surface area contributed by atoms with E-state index < -0.39 is 6.10 Å². The van der Waals surface area contributed by atoms with Crippen LogP contribution in [0.25, 0.3) is 0 Å². The van der Waals surface area contributed by atoms with E-state index in [2.05, 4.69) is 57.2 Å². The smallest absolute Gasteiger partial charge is 0.306 e. The quantitative estimate of drug-likeness (QED) is 0.0262. The first-order valence-electron chi connectivity index (χ1n) is 29.5. The van der Waals surface area contributed by atoms with Crippen LogP contribution in [0.2, 0.25) is 0 Å². The summed E-state index contributed by atoms with van der Waals surface area (Å²) >= 11 is 0. The molecule has 6 heteroatoms. The van der Waals surface area contributed by atoms with Crippen molar-refractivity contribution in [1.82, 2.24) is 0 Å². The highest BCUT2D eigenvalue weighted by Crippen LogP contribution is 2.16. The van der Waals surface area contributed by atoms with Gasteiger partial charge in [0, 0.05) is 19.3 Å². The summed E-state index contributed by atoms with van der Waals surface area (Å²) in [6, 6.07) is 0. The first-order valence-corrected chi connectivity index (χ1v) is 29.5. The van der Waals surface area contributed by atoms with E-state index in [-0.39, 0.29) is 31.1 Å². The van der Waals surface area contributed by atoms with Gasteiger partial charge in [-0.2, -0.15) is 0 Å². The molecule has 0 saturated heterocycles. The number of hydrogen-bond donors (Lipinski definition) is 0. The lowest BCUT2D eigenvalue weighted by atomic mass is 10.0. The average molecular weight is 942 g/mol. The third-order valence-corrected chi connectivity index (χ3v) is 13.1. The monoisotopic (exact) mass is 941 g/mol. The Bertz CT molecular complexity index is 1130. The Kier molecular flexibility index (Phi) is 54.2. The number of carbonyl (C=O) groups is 3. The van der Waals surface area contributed by atoms with Crippen molar-refractivity contribution in [3.8, 4) is 0 Å². The van der Waals surface area contributed by atoms with Crippen LogP contribution in [0.1, 0.15) is 316 Å². The van der Waals surface area contributed by atoms with E-state index in [1.54, 1.807) is 0 Å². The van der Waals surface area contributed by atoms with Gasteiger partial charge in [0.05, 0.1) is 0 Å². The van der Waals surface area contributed by atoms with E-state index in [1.165, 1.54) is 199 Å². The Balaban J connectivity index is 4.36. The van der Waals surface area contributed by atoms with Gasteiger partial charge in [-0.1, -0.05) is 256 Å². The van der Waals surface area contributed by atoms with E-state index in [1.807, 2.05) is 0 Å². The lowest BCUT2D eigenvalue weighted by Crippen LogP contribution is -2.30. The zero-order valence-electron chi connectivity index (χ0n) is 44.9. The molecule has 0 aliphatic heterocycles. The summed E-state index contributed by atoms with van der Waals surface area (Å²) in [7, 11) is 0. The molecule has 0 radical (unpaired) electrons. The second-order valence-electron chi connectivity index (χ2n) is 19.9. The van der Waals surface area contributed by atoms with Gasteiger partial charge in [0.1, 0.15) is 13.2 Å². The van der Waals surface area contributed by atoms with Crippen molar-refractivity contribution in [2.45, 2.75) is 322 Å². The van der Waals surface area contributed by atoms with Crippen molar-refractivity contribution in [3.63, 3.8) is 0 Å². The van der Waals surface area contributed by atoms with Gasteiger partial charge in [-0.05, 0) is 77.0 Å². The molecule has 0 spiro atoms. The normalized spacial score (nSPS) is 12.2. The molecule has 0 rings (SSSR count). The third-order valence-electron chi connectivity index (χ3n) is 13.1. The Morgan fingerprint density at radius 2 is 0.537 bits per heavy atom. The summed E-state index contributed by atoms with van der Waals surface area (Å²) < 4.78 is 16.9. The molecular formula is C61H112O6. The Labute approximate surface area is 416 Å². The molecule has 0 aromatic heterocycles. The maximum absolute atomic E-state index is 12.9. The molecule has 0 bridgehead atoms. The highest BCUT2D eigenvalue weighted by molar-refractivity contribution is 5.71. The number of carbonyl (C=O) groups excluding carboxylic acids is 3. The van der Waals surface area contributed by atoms with Crippen LogP contribution in [0.5, 0.6) is 0 Å². The molecule has 0 amide bonds. The molecule has 0 aromatic rings. The van der Waals surface area contributed by atoms with Crippen molar-refractivity contribution in [3.05, 3.63) is 36.5 Å². The maximum Gasteiger partial charge on any atom is 0.306 e. The van der Waals surface area contributed by atoms with Crippen LogP contribution in [0.15, 0.2) is 36.5 Å². The number of hydrogen-bond acceptors (Lipinski definition) is 6. The van der Waals surface area contributed by atoms with Gasteiger partial charge >= 0.3 is 17.9 Å². The maximum atomic E-state index is 12.9. The number of rotatable bonds is 54. The van der Waals surface area contributed by atoms with E-state index >= 15 is 0 Å². The van der Waals surface area contributed by atoms with Gasteiger partial charge in [-0.15, -0.1) is 0 Å². The second kappa shape index (κ2) is 56.2. The zero-order chi connectivity index (χ0) is 48.6. The molecule has 1 atom stereocenters. The number of allylic oxidation sites excluding steroid dienone is 6. The van der Waals surface area contributed by atoms with Gasteiger partial charge in [0.25, 0.3) is 0 Å². The molecule has 0 fully saturated rings. The number of unbranched alkanes of at least 4 members (excludes halogenated alkanes) is 37.